The fourth-order valence-corrected chi connectivity index (χ4v) is 2.42. The Morgan fingerprint density at radius 1 is 1.00 bits per heavy atom. The van der Waals surface area contributed by atoms with Gasteiger partial charge in [-0.1, -0.05) is 37.3 Å². The first kappa shape index (κ1) is 17.1. The maximum absolute atomic E-state index is 11.3. The van der Waals surface area contributed by atoms with Crippen LogP contribution in [0.25, 0.3) is 6.08 Å². The van der Waals surface area contributed by atoms with Crippen LogP contribution in [0.5, 0.6) is 0 Å². The summed E-state index contributed by atoms with van der Waals surface area (Å²) in [6.07, 6.45) is 8.11. The molecule has 1 aromatic heterocycles. The Morgan fingerprint density at radius 3 is 2.26 bits per heavy atom. The highest BCUT2D eigenvalue weighted by atomic mass is 16.1. The Morgan fingerprint density at radius 2 is 1.70 bits per heavy atom. The molecule has 120 valence electrons. The Hall–Kier alpha value is -2.22. The minimum atomic E-state index is 0.121. The van der Waals surface area contributed by atoms with Crippen molar-refractivity contribution in [2.75, 3.05) is 0 Å². The van der Waals surface area contributed by atoms with Crippen LogP contribution in [-0.2, 0) is 24.1 Å². The van der Waals surface area contributed by atoms with E-state index in [2.05, 4.69) is 48.3 Å². The van der Waals surface area contributed by atoms with E-state index in [-0.39, 0.29) is 5.78 Å². The molecule has 0 spiro atoms. The Balaban J connectivity index is 1.86. The molecule has 0 atom stereocenters. The molecule has 0 N–H and O–H groups in total. The van der Waals surface area contributed by atoms with Gasteiger partial charge in [-0.15, -0.1) is 0 Å². The summed E-state index contributed by atoms with van der Waals surface area (Å²) in [5, 5.41) is 0. The fraction of sp³-hybridized carbons (Fsp3) is 0.333. The standard InChI is InChI=1S/C21H25NO/c1-4-18-12-13-21(22-15-18)7-5-6-19-8-10-20(11-9-19)14-16(2)17(3)23/h8-15H,4-7H2,1-3H3/b16-14+. The third kappa shape index (κ3) is 5.48. The summed E-state index contributed by atoms with van der Waals surface area (Å²) >= 11 is 0. The van der Waals surface area contributed by atoms with Crippen molar-refractivity contribution in [3.63, 3.8) is 0 Å². The van der Waals surface area contributed by atoms with Gasteiger partial charge in [0, 0.05) is 11.9 Å². The van der Waals surface area contributed by atoms with E-state index in [9.17, 15) is 4.79 Å². The molecule has 0 amide bonds. The normalized spacial score (nSPS) is 11.5. The largest absolute Gasteiger partial charge is 0.295 e. The average molecular weight is 307 g/mol. The first-order valence-corrected chi connectivity index (χ1v) is 8.30. The highest BCUT2D eigenvalue weighted by Gasteiger charge is 1.99. The van der Waals surface area contributed by atoms with E-state index < -0.39 is 0 Å². The Bertz CT molecular complexity index is 666. The summed E-state index contributed by atoms with van der Waals surface area (Å²) in [5.41, 5.74) is 5.66. The molecule has 0 fully saturated rings. The lowest BCUT2D eigenvalue weighted by atomic mass is 10.0. The molecule has 2 rings (SSSR count). The van der Waals surface area contributed by atoms with Crippen LogP contribution in [0.3, 0.4) is 0 Å². The van der Waals surface area contributed by atoms with E-state index in [1.165, 1.54) is 16.8 Å². The lowest BCUT2D eigenvalue weighted by molar-refractivity contribution is -0.113. The van der Waals surface area contributed by atoms with E-state index >= 15 is 0 Å². The van der Waals surface area contributed by atoms with Gasteiger partial charge in [-0.2, -0.15) is 0 Å². The monoisotopic (exact) mass is 307 g/mol. The minimum absolute atomic E-state index is 0.121. The molecule has 0 aliphatic rings. The smallest absolute Gasteiger partial charge is 0.155 e. The average Bonchev–Trinajstić information content (AvgIpc) is 2.57. The van der Waals surface area contributed by atoms with Crippen molar-refractivity contribution < 1.29 is 4.79 Å². The van der Waals surface area contributed by atoms with Gasteiger partial charge in [0.05, 0.1) is 0 Å². The predicted molar refractivity (Wildman–Crippen MR) is 96.4 cm³/mol. The van der Waals surface area contributed by atoms with Gasteiger partial charge in [-0.25, -0.2) is 0 Å². The van der Waals surface area contributed by atoms with E-state index in [4.69, 9.17) is 0 Å². The number of hydrogen-bond acceptors (Lipinski definition) is 2. The number of hydrogen-bond donors (Lipinski definition) is 0. The van der Waals surface area contributed by atoms with Crippen LogP contribution in [0.1, 0.15) is 49.6 Å². The van der Waals surface area contributed by atoms with E-state index in [1.54, 1.807) is 6.92 Å². The highest BCUT2D eigenvalue weighted by molar-refractivity contribution is 5.97. The topological polar surface area (TPSA) is 30.0 Å². The van der Waals surface area contributed by atoms with Crippen molar-refractivity contribution in [3.05, 3.63) is 70.6 Å². The fourth-order valence-electron chi connectivity index (χ4n) is 2.42. The van der Waals surface area contributed by atoms with Gasteiger partial charge in [0.1, 0.15) is 0 Å². The van der Waals surface area contributed by atoms with Gasteiger partial charge < -0.3 is 0 Å². The summed E-state index contributed by atoms with van der Waals surface area (Å²) in [4.78, 5) is 15.8. The number of allylic oxidation sites excluding steroid dienone is 1. The van der Waals surface area contributed by atoms with Crippen molar-refractivity contribution in [3.8, 4) is 0 Å². The van der Waals surface area contributed by atoms with Crippen molar-refractivity contribution in [1.29, 1.82) is 0 Å². The van der Waals surface area contributed by atoms with Crippen molar-refractivity contribution in [2.45, 2.75) is 46.5 Å². The van der Waals surface area contributed by atoms with Gasteiger partial charge in [-0.3, -0.25) is 9.78 Å². The van der Waals surface area contributed by atoms with Gasteiger partial charge in [0.25, 0.3) is 0 Å². The number of carbonyl (C=O) groups excluding carboxylic acids is 1. The summed E-state index contributed by atoms with van der Waals surface area (Å²) in [5.74, 6) is 0.121. The second-order valence-electron chi connectivity index (χ2n) is 5.99. The third-order valence-corrected chi connectivity index (χ3v) is 4.11. The molecule has 1 heterocycles. The molecule has 23 heavy (non-hydrogen) atoms. The summed E-state index contributed by atoms with van der Waals surface area (Å²) in [7, 11) is 0. The first-order chi connectivity index (χ1) is 11.1. The Kier molecular flexibility index (Phi) is 6.28. The molecule has 2 nitrogen and oxygen atoms in total. The van der Waals surface area contributed by atoms with E-state index in [0.29, 0.717) is 0 Å². The molecule has 2 aromatic rings. The number of ketones is 1. The predicted octanol–water partition coefficient (Wildman–Crippen LogP) is 4.81. The number of benzene rings is 1. The summed E-state index contributed by atoms with van der Waals surface area (Å²) in [6.45, 7) is 5.60. The van der Waals surface area contributed by atoms with Crippen LogP contribution in [0.2, 0.25) is 0 Å². The number of pyridine rings is 1. The molecule has 0 aliphatic carbocycles. The summed E-state index contributed by atoms with van der Waals surface area (Å²) in [6, 6.07) is 12.8. The zero-order chi connectivity index (χ0) is 16.7. The highest BCUT2D eigenvalue weighted by Crippen LogP contribution is 2.12. The summed E-state index contributed by atoms with van der Waals surface area (Å²) < 4.78 is 0. The number of aromatic nitrogens is 1. The SMILES string of the molecule is CCc1ccc(CCCc2ccc(/C=C(\C)C(C)=O)cc2)nc1. The zero-order valence-corrected chi connectivity index (χ0v) is 14.3. The zero-order valence-electron chi connectivity index (χ0n) is 14.3. The molecule has 0 radical (unpaired) electrons. The molecular weight excluding hydrogens is 282 g/mol. The number of carbonyl (C=O) groups is 1. The van der Waals surface area contributed by atoms with Crippen LogP contribution < -0.4 is 0 Å². The second-order valence-corrected chi connectivity index (χ2v) is 5.99. The van der Waals surface area contributed by atoms with Crippen molar-refractivity contribution >= 4 is 11.9 Å². The van der Waals surface area contributed by atoms with Crippen LogP contribution in [0, 0.1) is 0 Å². The number of aryl methyl sites for hydroxylation is 3. The van der Waals surface area contributed by atoms with Crippen LogP contribution in [0.15, 0.2) is 48.2 Å². The molecule has 0 bridgehead atoms. The quantitative estimate of drug-likeness (QED) is 0.687. The number of rotatable bonds is 7. The van der Waals surface area contributed by atoms with E-state index in [0.717, 1.165) is 36.8 Å². The van der Waals surface area contributed by atoms with Crippen LogP contribution in [-0.4, -0.2) is 10.8 Å². The molecular formula is C21H25NO. The lowest BCUT2D eigenvalue weighted by Crippen LogP contribution is -1.94. The molecule has 0 unspecified atom stereocenters. The number of nitrogens with zero attached hydrogens (tertiary/aromatic N) is 1. The van der Waals surface area contributed by atoms with Crippen LogP contribution in [0.4, 0.5) is 0 Å². The van der Waals surface area contributed by atoms with Gasteiger partial charge in [0.15, 0.2) is 5.78 Å². The van der Waals surface area contributed by atoms with Crippen LogP contribution >= 0.6 is 0 Å². The second kappa shape index (κ2) is 8.42. The van der Waals surface area contributed by atoms with Gasteiger partial charge in [0.2, 0.25) is 0 Å². The Labute approximate surface area is 139 Å². The molecule has 0 aliphatic heterocycles. The molecule has 1 aromatic carbocycles. The van der Waals surface area contributed by atoms with Crippen molar-refractivity contribution in [1.82, 2.24) is 4.98 Å². The van der Waals surface area contributed by atoms with E-state index in [1.807, 2.05) is 19.2 Å². The molecule has 0 saturated heterocycles. The molecule has 0 saturated carbocycles. The van der Waals surface area contributed by atoms with Crippen molar-refractivity contribution in [2.24, 2.45) is 0 Å². The van der Waals surface area contributed by atoms with Gasteiger partial charge >= 0.3 is 0 Å². The minimum Gasteiger partial charge on any atom is -0.295 e. The lowest BCUT2D eigenvalue weighted by Gasteiger charge is -2.04. The first-order valence-electron chi connectivity index (χ1n) is 8.30. The van der Waals surface area contributed by atoms with Gasteiger partial charge in [-0.05, 0) is 73.9 Å². The molecule has 2 heteroatoms. The third-order valence-electron chi connectivity index (χ3n) is 4.11. The number of Topliss-reactive ketones (excluding diaryl/α,β-unsaturated/α-hetero) is 1. The maximum atomic E-state index is 11.3. The maximum Gasteiger partial charge on any atom is 0.155 e.